The Morgan fingerprint density at radius 1 is 1.10 bits per heavy atom. The molecule has 2 aliphatic heterocycles. The lowest BCUT2D eigenvalue weighted by Gasteiger charge is -2.30. The SMILES string of the molecule is CCN(Cc1ccc2c(c1)OCO2)C(=O)C1CCCN1C(=O)c1ccc(Cl)c(Cl)c1. The Hall–Kier alpha value is -2.44. The lowest BCUT2D eigenvalue weighted by atomic mass is 10.1. The van der Waals surface area contributed by atoms with Crippen LogP contribution in [0, 0.1) is 0 Å². The van der Waals surface area contributed by atoms with E-state index in [0.717, 1.165) is 12.0 Å². The summed E-state index contributed by atoms with van der Waals surface area (Å²) in [4.78, 5) is 29.8. The minimum atomic E-state index is -0.485. The normalized spacial score (nSPS) is 17.3. The van der Waals surface area contributed by atoms with Gasteiger partial charge >= 0.3 is 0 Å². The molecule has 0 N–H and O–H groups in total. The van der Waals surface area contributed by atoms with E-state index in [1.54, 1.807) is 28.0 Å². The molecule has 2 heterocycles. The van der Waals surface area contributed by atoms with Crippen molar-refractivity contribution >= 4 is 35.0 Å². The fourth-order valence-corrected chi connectivity index (χ4v) is 4.18. The molecule has 4 rings (SSSR count). The molecule has 30 heavy (non-hydrogen) atoms. The van der Waals surface area contributed by atoms with Crippen LogP contribution in [0.2, 0.25) is 10.0 Å². The highest BCUT2D eigenvalue weighted by Crippen LogP contribution is 2.33. The van der Waals surface area contributed by atoms with Crippen molar-refractivity contribution in [2.75, 3.05) is 19.9 Å². The first-order chi connectivity index (χ1) is 14.5. The number of amides is 2. The minimum absolute atomic E-state index is 0.0546. The zero-order chi connectivity index (χ0) is 21.3. The Kier molecular flexibility index (Phi) is 6.06. The Balaban J connectivity index is 1.50. The van der Waals surface area contributed by atoms with Gasteiger partial charge in [0, 0.05) is 25.2 Å². The van der Waals surface area contributed by atoms with E-state index in [9.17, 15) is 9.59 Å². The van der Waals surface area contributed by atoms with Gasteiger partial charge in [0.05, 0.1) is 10.0 Å². The second-order valence-electron chi connectivity index (χ2n) is 7.33. The van der Waals surface area contributed by atoms with Crippen molar-refractivity contribution in [3.63, 3.8) is 0 Å². The maximum atomic E-state index is 13.3. The van der Waals surface area contributed by atoms with E-state index >= 15 is 0 Å². The molecular weight excluding hydrogens is 427 g/mol. The van der Waals surface area contributed by atoms with E-state index in [1.807, 2.05) is 25.1 Å². The van der Waals surface area contributed by atoms with Gasteiger partial charge in [-0.3, -0.25) is 9.59 Å². The van der Waals surface area contributed by atoms with Gasteiger partial charge in [-0.1, -0.05) is 29.3 Å². The Morgan fingerprint density at radius 3 is 2.67 bits per heavy atom. The molecular formula is C22H22Cl2N2O4. The number of hydrogen-bond donors (Lipinski definition) is 0. The molecule has 0 aromatic heterocycles. The number of fused-ring (bicyclic) bond motifs is 1. The average Bonchev–Trinajstić information content (AvgIpc) is 3.42. The average molecular weight is 449 g/mol. The van der Waals surface area contributed by atoms with Crippen LogP contribution in [0.1, 0.15) is 35.7 Å². The number of benzene rings is 2. The predicted molar refractivity (Wildman–Crippen MR) is 114 cm³/mol. The van der Waals surface area contributed by atoms with Crippen molar-refractivity contribution < 1.29 is 19.1 Å². The number of halogens is 2. The number of carbonyl (C=O) groups is 2. The third-order valence-corrected chi connectivity index (χ3v) is 6.21. The van der Waals surface area contributed by atoms with Gasteiger partial charge in [-0.2, -0.15) is 0 Å². The number of likely N-dealkylation sites (N-methyl/N-ethyl adjacent to an activating group) is 1. The van der Waals surface area contributed by atoms with E-state index < -0.39 is 6.04 Å². The van der Waals surface area contributed by atoms with Gasteiger partial charge in [0.25, 0.3) is 5.91 Å². The van der Waals surface area contributed by atoms with Crippen LogP contribution in [0.15, 0.2) is 36.4 Å². The van der Waals surface area contributed by atoms with E-state index in [-0.39, 0.29) is 18.6 Å². The molecule has 2 amide bonds. The second kappa shape index (κ2) is 8.74. The Labute approximate surface area is 185 Å². The van der Waals surface area contributed by atoms with E-state index in [2.05, 4.69) is 0 Å². The standard InChI is InChI=1S/C22H22Cl2N2O4/c1-2-25(12-14-5-8-19-20(10-14)30-13-29-19)22(28)18-4-3-9-26(18)21(27)15-6-7-16(23)17(24)11-15/h5-8,10-11,18H,2-4,9,12-13H2,1H3. The zero-order valence-corrected chi connectivity index (χ0v) is 18.1. The summed E-state index contributed by atoms with van der Waals surface area (Å²) in [5.74, 6) is 1.14. The van der Waals surface area contributed by atoms with Crippen molar-refractivity contribution in [3.05, 3.63) is 57.6 Å². The van der Waals surface area contributed by atoms with Crippen LogP contribution >= 0.6 is 23.2 Å². The monoisotopic (exact) mass is 448 g/mol. The molecule has 0 aliphatic carbocycles. The highest BCUT2D eigenvalue weighted by molar-refractivity contribution is 6.42. The first-order valence-corrected chi connectivity index (χ1v) is 10.7. The predicted octanol–water partition coefficient (Wildman–Crippen LogP) is 4.38. The first kappa shape index (κ1) is 20.8. The maximum absolute atomic E-state index is 13.3. The molecule has 0 saturated carbocycles. The molecule has 1 fully saturated rings. The fourth-order valence-electron chi connectivity index (χ4n) is 3.88. The summed E-state index contributed by atoms with van der Waals surface area (Å²) in [6.45, 7) is 3.67. The van der Waals surface area contributed by atoms with Crippen LogP contribution in [0.25, 0.3) is 0 Å². The largest absolute Gasteiger partial charge is 0.454 e. The fraction of sp³-hybridized carbons (Fsp3) is 0.364. The van der Waals surface area contributed by atoms with Gasteiger partial charge < -0.3 is 19.3 Å². The molecule has 8 heteroatoms. The van der Waals surface area contributed by atoms with Gasteiger partial charge in [-0.25, -0.2) is 0 Å². The Bertz CT molecular complexity index is 982. The number of carbonyl (C=O) groups excluding carboxylic acids is 2. The Morgan fingerprint density at radius 2 is 1.90 bits per heavy atom. The van der Waals surface area contributed by atoms with E-state index in [0.29, 0.717) is 53.2 Å². The molecule has 158 valence electrons. The quantitative estimate of drug-likeness (QED) is 0.680. The lowest BCUT2D eigenvalue weighted by molar-refractivity contribution is -0.135. The van der Waals surface area contributed by atoms with Crippen molar-refractivity contribution in [1.82, 2.24) is 9.80 Å². The summed E-state index contributed by atoms with van der Waals surface area (Å²) in [5, 5.41) is 0.714. The number of hydrogen-bond acceptors (Lipinski definition) is 4. The van der Waals surface area contributed by atoms with Crippen LogP contribution in [0.4, 0.5) is 0 Å². The molecule has 1 saturated heterocycles. The van der Waals surface area contributed by atoms with Crippen LogP contribution in [0.3, 0.4) is 0 Å². The third-order valence-electron chi connectivity index (χ3n) is 5.47. The third kappa shape index (κ3) is 4.07. The molecule has 2 aliphatic rings. The molecule has 0 radical (unpaired) electrons. The minimum Gasteiger partial charge on any atom is -0.454 e. The summed E-state index contributed by atoms with van der Waals surface area (Å²) < 4.78 is 10.8. The molecule has 2 aromatic carbocycles. The summed E-state index contributed by atoms with van der Waals surface area (Å²) in [7, 11) is 0. The summed E-state index contributed by atoms with van der Waals surface area (Å²) in [6.07, 6.45) is 1.43. The number of nitrogens with zero attached hydrogens (tertiary/aromatic N) is 2. The van der Waals surface area contributed by atoms with Crippen molar-refractivity contribution in [3.8, 4) is 11.5 Å². The summed E-state index contributed by atoms with van der Waals surface area (Å²) >= 11 is 12.0. The van der Waals surface area contributed by atoms with Gasteiger partial charge in [-0.15, -0.1) is 0 Å². The molecule has 0 spiro atoms. The summed E-state index contributed by atoms with van der Waals surface area (Å²) in [6, 6.07) is 9.98. The number of rotatable bonds is 5. The van der Waals surface area contributed by atoms with Crippen molar-refractivity contribution in [2.24, 2.45) is 0 Å². The van der Waals surface area contributed by atoms with Crippen molar-refractivity contribution in [1.29, 1.82) is 0 Å². The molecule has 2 aromatic rings. The first-order valence-electron chi connectivity index (χ1n) is 9.91. The topological polar surface area (TPSA) is 59.1 Å². The zero-order valence-electron chi connectivity index (χ0n) is 16.6. The van der Waals surface area contributed by atoms with Gasteiger partial charge in [0.2, 0.25) is 12.7 Å². The van der Waals surface area contributed by atoms with Crippen LogP contribution in [-0.2, 0) is 11.3 Å². The van der Waals surface area contributed by atoms with Crippen LogP contribution < -0.4 is 9.47 Å². The van der Waals surface area contributed by atoms with E-state index in [1.165, 1.54) is 0 Å². The highest BCUT2D eigenvalue weighted by Gasteiger charge is 2.36. The number of ether oxygens (including phenoxy) is 2. The maximum Gasteiger partial charge on any atom is 0.254 e. The second-order valence-corrected chi connectivity index (χ2v) is 8.14. The van der Waals surface area contributed by atoms with Gasteiger partial charge in [0.1, 0.15) is 6.04 Å². The molecule has 1 atom stereocenters. The van der Waals surface area contributed by atoms with Crippen LogP contribution in [0.5, 0.6) is 11.5 Å². The lowest BCUT2D eigenvalue weighted by Crippen LogP contribution is -2.47. The molecule has 1 unspecified atom stereocenters. The smallest absolute Gasteiger partial charge is 0.254 e. The highest BCUT2D eigenvalue weighted by atomic mass is 35.5. The van der Waals surface area contributed by atoms with Crippen LogP contribution in [-0.4, -0.2) is 47.5 Å². The number of likely N-dealkylation sites (tertiary alicyclic amines) is 1. The summed E-state index contributed by atoms with van der Waals surface area (Å²) in [5.41, 5.74) is 1.39. The van der Waals surface area contributed by atoms with Gasteiger partial charge in [0.15, 0.2) is 11.5 Å². The molecule has 0 bridgehead atoms. The van der Waals surface area contributed by atoms with Crippen molar-refractivity contribution in [2.45, 2.75) is 32.4 Å². The molecule has 6 nitrogen and oxygen atoms in total. The van der Waals surface area contributed by atoms with E-state index in [4.69, 9.17) is 32.7 Å². The van der Waals surface area contributed by atoms with Gasteiger partial charge in [-0.05, 0) is 55.7 Å².